The van der Waals surface area contributed by atoms with Crippen LogP contribution in [0.15, 0.2) is 24.3 Å². The molecule has 0 radical (unpaired) electrons. The van der Waals surface area contributed by atoms with E-state index in [2.05, 4.69) is 25.2 Å². The van der Waals surface area contributed by atoms with Gasteiger partial charge in [0, 0.05) is 19.0 Å². The highest BCUT2D eigenvalue weighted by Gasteiger charge is 2.40. The summed E-state index contributed by atoms with van der Waals surface area (Å²) in [6.45, 7) is 6.51. The zero-order chi connectivity index (χ0) is 11.6. The van der Waals surface area contributed by atoms with E-state index in [0.717, 1.165) is 31.5 Å². The third-order valence-electron chi connectivity index (χ3n) is 4.22. The maximum absolute atomic E-state index is 13.3. The highest BCUT2D eigenvalue weighted by atomic mass is 19.1. The quantitative estimate of drug-likeness (QED) is 0.825. The standard InChI is InChI=1S/C14H20FN/c1-3-14(4-2)10-16-9-13(14)11-6-5-7-12(15)8-11/h5-8,13,16H,3-4,9-10H2,1-2H3/t13-/m1/s1. The molecule has 16 heavy (non-hydrogen) atoms. The Morgan fingerprint density at radius 2 is 2.12 bits per heavy atom. The molecule has 1 aliphatic heterocycles. The van der Waals surface area contributed by atoms with Crippen LogP contribution in [0.2, 0.25) is 0 Å². The largest absolute Gasteiger partial charge is 0.316 e. The summed E-state index contributed by atoms with van der Waals surface area (Å²) >= 11 is 0. The van der Waals surface area contributed by atoms with Gasteiger partial charge in [0.1, 0.15) is 5.82 Å². The SMILES string of the molecule is CCC1(CC)CNC[C@@H]1c1cccc(F)c1. The fraction of sp³-hybridized carbons (Fsp3) is 0.571. The maximum atomic E-state index is 13.3. The number of hydrogen-bond acceptors (Lipinski definition) is 1. The van der Waals surface area contributed by atoms with Crippen molar-refractivity contribution in [3.8, 4) is 0 Å². The van der Waals surface area contributed by atoms with Crippen molar-refractivity contribution in [2.24, 2.45) is 5.41 Å². The zero-order valence-corrected chi connectivity index (χ0v) is 10.1. The third-order valence-corrected chi connectivity index (χ3v) is 4.22. The lowest BCUT2D eigenvalue weighted by Gasteiger charge is -2.33. The Bertz CT molecular complexity index is 358. The van der Waals surface area contributed by atoms with E-state index in [0.29, 0.717) is 11.3 Å². The molecule has 1 aromatic carbocycles. The van der Waals surface area contributed by atoms with E-state index >= 15 is 0 Å². The fourth-order valence-electron chi connectivity index (χ4n) is 2.99. The molecular formula is C14H20FN. The lowest BCUT2D eigenvalue weighted by atomic mass is 9.71. The molecule has 0 saturated carbocycles. The van der Waals surface area contributed by atoms with E-state index in [1.807, 2.05) is 6.07 Å². The molecule has 2 heteroatoms. The lowest BCUT2D eigenvalue weighted by molar-refractivity contribution is 0.260. The summed E-state index contributed by atoms with van der Waals surface area (Å²) in [7, 11) is 0. The molecule has 1 atom stereocenters. The molecule has 0 spiro atoms. The van der Waals surface area contributed by atoms with Gasteiger partial charge in [0.25, 0.3) is 0 Å². The summed E-state index contributed by atoms with van der Waals surface area (Å²) in [5, 5.41) is 3.46. The number of halogens is 1. The van der Waals surface area contributed by atoms with Crippen LogP contribution in [0.1, 0.15) is 38.2 Å². The van der Waals surface area contributed by atoms with Gasteiger partial charge in [-0.25, -0.2) is 4.39 Å². The van der Waals surface area contributed by atoms with Crippen LogP contribution in [-0.2, 0) is 0 Å². The van der Waals surface area contributed by atoms with Crippen molar-refractivity contribution in [2.45, 2.75) is 32.6 Å². The third kappa shape index (κ3) is 1.86. The van der Waals surface area contributed by atoms with Crippen molar-refractivity contribution in [1.29, 1.82) is 0 Å². The van der Waals surface area contributed by atoms with Crippen molar-refractivity contribution in [3.05, 3.63) is 35.6 Å². The Kier molecular flexibility index (Phi) is 3.29. The normalized spacial score (nSPS) is 23.6. The van der Waals surface area contributed by atoms with Gasteiger partial charge < -0.3 is 5.32 Å². The van der Waals surface area contributed by atoms with Gasteiger partial charge in [0.05, 0.1) is 0 Å². The molecule has 1 heterocycles. The van der Waals surface area contributed by atoms with E-state index in [4.69, 9.17) is 0 Å². The maximum Gasteiger partial charge on any atom is 0.123 e. The summed E-state index contributed by atoms with van der Waals surface area (Å²) < 4.78 is 13.3. The molecule has 88 valence electrons. The second kappa shape index (κ2) is 4.54. The van der Waals surface area contributed by atoms with Crippen LogP contribution in [0, 0.1) is 11.2 Å². The van der Waals surface area contributed by atoms with Crippen molar-refractivity contribution in [1.82, 2.24) is 5.32 Å². The van der Waals surface area contributed by atoms with Gasteiger partial charge in [-0.2, -0.15) is 0 Å². The molecule has 0 aromatic heterocycles. The molecule has 1 aromatic rings. The first-order valence-electron chi connectivity index (χ1n) is 6.18. The Morgan fingerprint density at radius 3 is 2.75 bits per heavy atom. The number of rotatable bonds is 3. The minimum Gasteiger partial charge on any atom is -0.316 e. The zero-order valence-electron chi connectivity index (χ0n) is 10.1. The van der Waals surface area contributed by atoms with Crippen molar-refractivity contribution in [2.75, 3.05) is 13.1 Å². The first kappa shape index (κ1) is 11.6. The Hall–Kier alpha value is -0.890. The Morgan fingerprint density at radius 1 is 1.38 bits per heavy atom. The molecular weight excluding hydrogens is 201 g/mol. The van der Waals surface area contributed by atoms with E-state index in [1.54, 1.807) is 6.07 Å². The lowest BCUT2D eigenvalue weighted by Crippen LogP contribution is -2.27. The van der Waals surface area contributed by atoms with Crippen molar-refractivity contribution >= 4 is 0 Å². The first-order chi connectivity index (χ1) is 7.72. The molecule has 1 nitrogen and oxygen atoms in total. The van der Waals surface area contributed by atoms with Crippen LogP contribution in [0.25, 0.3) is 0 Å². The molecule has 0 unspecified atom stereocenters. The second-order valence-corrected chi connectivity index (χ2v) is 4.81. The molecule has 1 aliphatic rings. The van der Waals surface area contributed by atoms with Crippen LogP contribution in [0.4, 0.5) is 4.39 Å². The minimum atomic E-state index is -0.120. The van der Waals surface area contributed by atoms with Gasteiger partial charge >= 0.3 is 0 Å². The van der Waals surface area contributed by atoms with E-state index in [-0.39, 0.29) is 5.82 Å². The Balaban J connectivity index is 2.32. The number of nitrogens with one attached hydrogen (secondary N) is 1. The average Bonchev–Trinajstić information content (AvgIpc) is 2.73. The van der Waals surface area contributed by atoms with Gasteiger partial charge in [0.2, 0.25) is 0 Å². The summed E-state index contributed by atoms with van der Waals surface area (Å²) in [5.74, 6) is 0.337. The fourth-order valence-corrected chi connectivity index (χ4v) is 2.99. The van der Waals surface area contributed by atoms with Crippen LogP contribution >= 0.6 is 0 Å². The number of hydrogen-bond donors (Lipinski definition) is 1. The number of benzene rings is 1. The average molecular weight is 221 g/mol. The molecule has 0 aliphatic carbocycles. The molecule has 2 rings (SSSR count). The predicted octanol–water partition coefficient (Wildman–Crippen LogP) is 3.32. The summed E-state index contributed by atoms with van der Waals surface area (Å²) in [4.78, 5) is 0. The van der Waals surface area contributed by atoms with E-state index < -0.39 is 0 Å². The summed E-state index contributed by atoms with van der Waals surface area (Å²) in [5.41, 5.74) is 1.46. The van der Waals surface area contributed by atoms with E-state index in [1.165, 1.54) is 6.07 Å². The van der Waals surface area contributed by atoms with Gasteiger partial charge in [-0.05, 0) is 36.0 Å². The predicted molar refractivity (Wildman–Crippen MR) is 65.0 cm³/mol. The molecule has 1 saturated heterocycles. The van der Waals surface area contributed by atoms with Crippen LogP contribution in [0.5, 0.6) is 0 Å². The molecule has 0 amide bonds. The van der Waals surface area contributed by atoms with Crippen LogP contribution in [0.3, 0.4) is 0 Å². The van der Waals surface area contributed by atoms with Crippen LogP contribution in [-0.4, -0.2) is 13.1 Å². The Labute approximate surface area is 97.1 Å². The van der Waals surface area contributed by atoms with Gasteiger partial charge in [0.15, 0.2) is 0 Å². The van der Waals surface area contributed by atoms with Crippen molar-refractivity contribution < 1.29 is 4.39 Å². The van der Waals surface area contributed by atoms with Gasteiger partial charge in [-0.3, -0.25) is 0 Å². The molecule has 0 bridgehead atoms. The van der Waals surface area contributed by atoms with Gasteiger partial charge in [-0.1, -0.05) is 26.0 Å². The van der Waals surface area contributed by atoms with Crippen molar-refractivity contribution in [3.63, 3.8) is 0 Å². The summed E-state index contributed by atoms with van der Waals surface area (Å²) in [6, 6.07) is 7.09. The highest BCUT2D eigenvalue weighted by molar-refractivity contribution is 5.25. The topological polar surface area (TPSA) is 12.0 Å². The van der Waals surface area contributed by atoms with Crippen LogP contribution < -0.4 is 5.32 Å². The highest BCUT2D eigenvalue weighted by Crippen LogP contribution is 2.44. The monoisotopic (exact) mass is 221 g/mol. The molecule has 1 fully saturated rings. The minimum absolute atomic E-state index is 0.120. The summed E-state index contributed by atoms with van der Waals surface area (Å²) in [6.07, 6.45) is 2.30. The van der Waals surface area contributed by atoms with E-state index in [9.17, 15) is 4.39 Å². The molecule has 1 N–H and O–H groups in total. The second-order valence-electron chi connectivity index (χ2n) is 4.81. The smallest absolute Gasteiger partial charge is 0.123 e. The first-order valence-corrected chi connectivity index (χ1v) is 6.18. The van der Waals surface area contributed by atoms with Gasteiger partial charge in [-0.15, -0.1) is 0 Å².